The van der Waals surface area contributed by atoms with Gasteiger partial charge in [0.05, 0.1) is 13.2 Å². The molecule has 0 aromatic heterocycles. The SMILES string of the molecule is COC(=O)[C@H]1CCC(=O)N1CO[C@H]1CC[C@@]2(C)C(=CC[C@H]3[C@@H]4CC[C@H](C(C)=O)[C@@]4(C)CC[C@@H]32)C1. The Bertz CT molecular complexity index is 897. The lowest BCUT2D eigenvalue weighted by Crippen LogP contribution is -2.51. The van der Waals surface area contributed by atoms with E-state index < -0.39 is 6.04 Å². The van der Waals surface area contributed by atoms with Crippen molar-refractivity contribution in [2.45, 2.75) is 97.1 Å². The number of carbonyl (C=O) groups excluding carboxylic acids is 3. The van der Waals surface area contributed by atoms with Crippen molar-refractivity contribution in [3.63, 3.8) is 0 Å². The van der Waals surface area contributed by atoms with Crippen LogP contribution in [-0.2, 0) is 23.9 Å². The van der Waals surface area contributed by atoms with Crippen molar-refractivity contribution >= 4 is 17.7 Å². The Morgan fingerprint density at radius 2 is 1.88 bits per heavy atom. The van der Waals surface area contributed by atoms with Gasteiger partial charge in [0.15, 0.2) is 0 Å². The predicted molar refractivity (Wildman–Crippen MR) is 127 cm³/mol. The highest BCUT2D eigenvalue weighted by Gasteiger charge is 2.59. The first-order valence-electron chi connectivity index (χ1n) is 13.4. The Kier molecular flexibility index (Phi) is 6.19. The van der Waals surface area contributed by atoms with Crippen molar-refractivity contribution in [3.8, 4) is 0 Å². The Labute approximate surface area is 203 Å². The lowest BCUT2D eigenvalue weighted by atomic mass is 9.47. The largest absolute Gasteiger partial charge is 0.467 e. The van der Waals surface area contributed by atoms with Crippen molar-refractivity contribution in [1.82, 2.24) is 4.90 Å². The van der Waals surface area contributed by atoms with Crippen LogP contribution in [0.5, 0.6) is 0 Å². The van der Waals surface area contributed by atoms with E-state index in [1.165, 1.54) is 31.9 Å². The number of hydrogen-bond donors (Lipinski definition) is 0. The first-order valence-corrected chi connectivity index (χ1v) is 13.4. The number of ether oxygens (including phenoxy) is 2. The molecule has 0 aromatic carbocycles. The topological polar surface area (TPSA) is 72.9 Å². The molecule has 188 valence electrons. The van der Waals surface area contributed by atoms with Gasteiger partial charge in [-0.3, -0.25) is 9.59 Å². The van der Waals surface area contributed by atoms with E-state index in [-0.39, 0.29) is 41.5 Å². The minimum Gasteiger partial charge on any atom is -0.467 e. The summed E-state index contributed by atoms with van der Waals surface area (Å²) in [5.74, 6) is 2.32. The van der Waals surface area contributed by atoms with Crippen molar-refractivity contribution in [2.75, 3.05) is 13.8 Å². The number of nitrogens with zero attached hydrogens (tertiary/aromatic N) is 1. The monoisotopic (exact) mass is 471 g/mol. The van der Waals surface area contributed by atoms with Crippen LogP contribution in [0.25, 0.3) is 0 Å². The standard InChI is InChI=1S/C28H41NO5/c1-17(30)21-7-8-22-20-6-5-18-15-19(11-13-27(18,2)23(20)12-14-28(21,22)3)34-16-29-24(26(32)33-4)9-10-25(29)31/h5,19-24H,6-16H2,1-4H3/t19-,20-,21+,22-,23-,24+,27-,28+/m0/s1. The van der Waals surface area contributed by atoms with Gasteiger partial charge in [-0.1, -0.05) is 25.5 Å². The zero-order chi connectivity index (χ0) is 24.3. The number of rotatable bonds is 5. The summed E-state index contributed by atoms with van der Waals surface area (Å²) in [5, 5.41) is 0. The van der Waals surface area contributed by atoms with Crippen LogP contribution in [0.1, 0.15) is 85.0 Å². The number of esters is 1. The zero-order valence-electron chi connectivity index (χ0n) is 21.3. The van der Waals surface area contributed by atoms with E-state index in [1.54, 1.807) is 11.8 Å². The third-order valence-electron chi connectivity index (χ3n) is 10.8. The molecule has 1 heterocycles. The number of allylic oxidation sites excluding steroid dienone is 1. The van der Waals surface area contributed by atoms with Gasteiger partial charge in [0.1, 0.15) is 18.6 Å². The third-order valence-corrected chi connectivity index (χ3v) is 10.8. The van der Waals surface area contributed by atoms with Gasteiger partial charge >= 0.3 is 5.97 Å². The van der Waals surface area contributed by atoms with Crippen LogP contribution < -0.4 is 0 Å². The molecule has 4 aliphatic carbocycles. The number of ketones is 1. The van der Waals surface area contributed by atoms with E-state index in [4.69, 9.17) is 9.47 Å². The van der Waals surface area contributed by atoms with E-state index in [2.05, 4.69) is 19.9 Å². The maximum Gasteiger partial charge on any atom is 0.328 e. The van der Waals surface area contributed by atoms with E-state index in [0.717, 1.165) is 32.1 Å². The van der Waals surface area contributed by atoms with E-state index >= 15 is 0 Å². The van der Waals surface area contributed by atoms with Crippen LogP contribution in [0.15, 0.2) is 11.6 Å². The first kappa shape index (κ1) is 24.0. The lowest BCUT2D eigenvalue weighted by molar-refractivity contribution is -0.155. The zero-order valence-corrected chi connectivity index (χ0v) is 21.3. The summed E-state index contributed by atoms with van der Waals surface area (Å²) in [6, 6.07) is -0.511. The molecule has 34 heavy (non-hydrogen) atoms. The summed E-state index contributed by atoms with van der Waals surface area (Å²) in [7, 11) is 1.37. The molecule has 3 saturated carbocycles. The molecule has 8 atom stereocenters. The van der Waals surface area contributed by atoms with Gasteiger partial charge in [0, 0.05) is 12.3 Å². The molecule has 0 radical (unpaired) electrons. The fourth-order valence-corrected chi connectivity index (χ4v) is 8.90. The number of amides is 1. The smallest absolute Gasteiger partial charge is 0.328 e. The molecule has 0 N–H and O–H groups in total. The minimum absolute atomic E-state index is 0.0264. The first-order chi connectivity index (χ1) is 16.2. The second-order valence-electron chi connectivity index (χ2n) is 12.1. The molecule has 5 rings (SSSR count). The van der Waals surface area contributed by atoms with Crippen molar-refractivity contribution in [3.05, 3.63) is 11.6 Å². The molecule has 6 heteroatoms. The maximum absolute atomic E-state index is 12.4. The van der Waals surface area contributed by atoms with Gasteiger partial charge < -0.3 is 14.4 Å². The highest BCUT2D eigenvalue weighted by atomic mass is 16.5. The highest BCUT2D eigenvalue weighted by molar-refractivity contribution is 5.88. The van der Waals surface area contributed by atoms with Crippen LogP contribution in [0.3, 0.4) is 0 Å². The molecule has 1 aliphatic heterocycles. The van der Waals surface area contributed by atoms with Crippen molar-refractivity contribution < 1.29 is 23.9 Å². The number of carbonyl (C=O) groups is 3. The summed E-state index contributed by atoms with van der Waals surface area (Å²) in [6.45, 7) is 6.85. The van der Waals surface area contributed by atoms with Gasteiger partial charge in [-0.05, 0) is 93.3 Å². The summed E-state index contributed by atoms with van der Waals surface area (Å²) in [6.07, 6.45) is 12.3. The second kappa shape index (κ2) is 8.76. The number of methoxy groups -OCH3 is 1. The van der Waals surface area contributed by atoms with Gasteiger partial charge in [0.2, 0.25) is 5.91 Å². The van der Waals surface area contributed by atoms with Gasteiger partial charge in [0.25, 0.3) is 0 Å². The quantitative estimate of drug-likeness (QED) is 0.431. The summed E-state index contributed by atoms with van der Waals surface area (Å²) in [5.41, 5.74) is 1.94. The maximum atomic E-state index is 12.4. The number of hydrogen-bond acceptors (Lipinski definition) is 5. The van der Waals surface area contributed by atoms with Crippen molar-refractivity contribution in [2.24, 2.45) is 34.5 Å². The molecular formula is C28H41NO5. The van der Waals surface area contributed by atoms with Gasteiger partial charge in [-0.15, -0.1) is 0 Å². The van der Waals surface area contributed by atoms with E-state index in [0.29, 0.717) is 36.4 Å². The van der Waals surface area contributed by atoms with Crippen LogP contribution in [-0.4, -0.2) is 48.5 Å². The van der Waals surface area contributed by atoms with Crippen LogP contribution in [0.2, 0.25) is 0 Å². The van der Waals surface area contributed by atoms with Crippen LogP contribution in [0, 0.1) is 34.5 Å². The highest BCUT2D eigenvalue weighted by Crippen LogP contribution is 2.66. The van der Waals surface area contributed by atoms with Crippen LogP contribution in [0.4, 0.5) is 0 Å². The number of likely N-dealkylation sites (tertiary alicyclic amines) is 1. The molecule has 0 aromatic rings. The molecule has 0 unspecified atom stereocenters. The van der Waals surface area contributed by atoms with Gasteiger partial charge in [-0.25, -0.2) is 4.79 Å². The summed E-state index contributed by atoms with van der Waals surface area (Å²) in [4.78, 5) is 38.3. The molecular weight excluding hydrogens is 430 g/mol. The molecule has 6 nitrogen and oxygen atoms in total. The Morgan fingerprint density at radius 3 is 2.62 bits per heavy atom. The Morgan fingerprint density at radius 1 is 1.09 bits per heavy atom. The molecule has 1 saturated heterocycles. The average molecular weight is 472 g/mol. The number of fused-ring (bicyclic) bond motifs is 5. The summed E-state index contributed by atoms with van der Waals surface area (Å²) >= 11 is 0. The normalized spacial score (nSPS) is 43.6. The Hall–Kier alpha value is -1.69. The molecule has 4 fully saturated rings. The molecule has 5 aliphatic rings. The molecule has 0 spiro atoms. The minimum atomic E-state index is -0.511. The fraction of sp³-hybridized carbons (Fsp3) is 0.821. The third kappa shape index (κ3) is 3.66. The average Bonchev–Trinajstić information content (AvgIpc) is 3.36. The van der Waals surface area contributed by atoms with E-state index in [9.17, 15) is 14.4 Å². The van der Waals surface area contributed by atoms with Crippen molar-refractivity contribution in [1.29, 1.82) is 0 Å². The lowest BCUT2D eigenvalue weighted by Gasteiger charge is -2.58. The molecule has 0 bridgehead atoms. The second-order valence-corrected chi connectivity index (χ2v) is 12.1. The molecule has 1 amide bonds. The van der Waals surface area contributed by atoms with Crippen LogP contribution >= 0.6 is 0 Å². The fourth-order valence-electron chi connectivity index (χ4n) is 8.90. The van der Waals surface area contributed by atoms with Gasteiger partial charge in [-0.2, -0.15) is 0 Å². The predicted octanol–water partition coefficient (Wildman–Crippen LogP) is 4.66. The Balaban J connectivity index is 1.26. The summed E-state index contributed by atoms with van der Waals surface area (Å²) < 4.78 is 11.1. The number of Topliss-reactive ketones (excluding diaryl/α,β-unsaturated/α-hetero) is 1. The van der Waals surface area contributed by atoms with E-state index in [1.807, 2.05) is 0 Å².